The van der Waals surface area contributed by atoms with Gasteiger partial charge in [0.2, 0.25) is 11.5 Å². The predicted molar refractivity (Wildman–Crippen MR) is 142 cm³/mol. The minimum Gasteiger partial charge on any atom is -0.316 e. The lowest BCUT2D eigenvalue weighted by Crippen LogP contribution is -2.35. The predicted octanol–water partition coefficient (Wildman–Crippen LogP) is 5.55. The number of amides is 1. The van der Waals surface area contributed by atoms with Gasteiger partial charge in [-0.3, -0.25) is 14.4 Å². The summed E-state index contributed by atoms with van der Waals surface area (Å²) in [5, 5.41) is 13.8. The number of benzene rings is 3. The molecule has 8 nitrogen and oxygen atoms in total. The molecule has 188 valence electrons. The number of hydrogen-bond donors (Lipinski definition) is 0. The van der Waals surface area contributed by atoms with E-state index in [0.717, 1.165) is 30.5 Å². The van der Waals surface area contributed by atoms with Gasteiger partial charge in [0.15, 0.2) is 5.78 Å². The van der Waals surface area contributed by atoms with Crippen molar-refractivity contribution in [3.05, 3.63) is 102 Å². The Balaban J connectivity index is 1.43. The summed E-state index contributed by atoms with van der Waals surface area (Å²) in [6.07, 6.45) is 3.76. The van der Waals surface area contributed by atoms with Crippen LogP contribution in [0.1, 0.15) is 45.5 Å². The van der Waals surface area contributed by atoms with Crippen LogP contribution in [0.4, 0.5) is 4.79 Å². The Bertz CT molecular complexity index is 1570. The van der Waals surface area contributed by atoms with Crippen molar-refractivity contribution < 1.29 is 19.2 Å². The molecule has 1 aliphatic rings. The fourth-order valence-corrected chi connectivity index (χ4v) is 4.56. The summed E-state index contributed by atoms with van der Waals surface area (Å²) in [7, 11) is 0. The van der Waals surface area contributed by atoms with E-state index in [1.54, 1.807) is 60.8 Å². The van der Waals surface area contributed by atoms with Gasteiger partial charge in [-0.2, -0.15) is 5.26 Å². The van der Waals surface area contributed by atoms with E-state index in [9.17, 15) is 19.6 Å². The molecular weight excluding hydrogens is 480 g/mol. The third kappa shape index (κ3) is 4.95. The van der Waals surface area contributed by atoms with Gasteiger partial charge in [0.25, 0.3) is 0 Å². The quantitative estimate of drug-likeness (QED) is 0.148. The first-order chi connectivity index (χ1) is 18.6. The number of piperidine rings is 1. The number of aromatic nitrogens is 1. The van der Waals surface area contributed by atoms with Crippen molar-refractivity contribution in [3.63, 3.8) is 0 Å². The monoisotopic (exact) mass is 504 g/mol. The van der Waals surface area contributed by atoms with Crippen LogP contribution in [0.2, 0.25) is 0 Å². The van der Waals surface area contributed by atoms with E-state index in [1.807, 2.05) is 34.9 Å². The number of rotatable bonds is 6. The lowest BCUT2D eigenvalue weighted by atomic mass is 10.0. The highest BCUT2D eigenvalue weighted by Crippen LogP contribution is 2.26. The van der Waals surface area contributed by atoms with Gasteiger partial charge in [-0.15, -0.1) is 0 Å². The van der Waals surface area contributed by atoms with Crippen LogP contribution in [0.15, 0.2) is 90.2 Å². The van der Waals surface area contributed by atoms with Gasteiger partial charge in [0, 0.05) is 41.5 Å². The van der Waals surface area contributed by atoms with Crippen LogP contribution in [-0.4, -0.2) is 45.9 Å². The molecule has 0 N–H and O–H groups in total. The van der Waals surface area contributed by atoms with Crippen LogP contribution in [-0.2, 0) is 4.84 Å². The van der Waals surface area contributed by atoms with E-state index in [-0.39, 0.29) is 11.3 Å². The standard InChI is InChI=1S/C30H24N4O4/c31-19-26(32-38-30(37)33-17-7-2-8-18-33)29(36)25-20-34(27-12-6-5-11-24(25)27)23-15-13-22(14-16-23)28(35)21-9-3-1-4-10-21/h1,3-6,9-16,20H,2,7-8,17-18H2/b32-26+. The lowest BCUT2D eigenvalue weighted by Gasteiger charge is -2.24. The molecule has 1 aromatic heterocycles. The second-order valence-corrected chi connectivity index (χ2v) is 8.96. The average Bonchev–Trinajstić information content (AvgIpc) is 3.37. The minimum atomic E-state index is -0.669. The van der Waals surface area contributed by atoms with Crippen molar-refractivity contribution >= 4 is 34.3 Å². The molecule has 5 rings (SSSR count). The van der Waals surface area contributed by atoms with E-state index in [2.05, 4.69) is 5.16 Å². The Labute approximate surface area is 219 Å². The fraction of sp³-hybridized carbons (Fsp3) is 0.167. The topological polar surface area (TPSA) is 105 Å². The highest BCUT2D eigenvalue weighted by molar-refractivity contribution is 6.52. The Morgan fingerprint density at radius 1 is 0.816 bits per heavy atom. The number of oxime groups is 1. The SMILES string of the molecule is N#C/C(=N\OC(=O)N1CCCCC1)C(=O)c1cn(-c2ccc(C(=O)c3ccccc3)cc2)c2ccccc12. The maximum Gasteiger partial charge on any atom is 0.436 e. The number of carbonyl (C=O) groups excluding carboxylic acids is 3. The van der Waals surface area contributed by atoms with Crippen molar-refractivity contribution in [1.29, 1.82) is 5.26 Å². The van der Waals surface area contributed by atoms with Crippen LogP contribution < -0.4 is 0 Å². The normalized spacial score (nSPS) is 13.7. The van der Waals surface area contributed by atoms with E-state index in [0.29, 0.717) is 29.6 Å². The number of carbonyl (C=O) groups is 3. The molecule has 0 saturated carbocycles. The zero-order valence-electron chi connectivity index (χ0n) is 20.5. The molecule has 38 heavy (non-hydrogen) atoms. The molecule has 1 saturated heterocycles. The molecule has 1 amide bonds. The highest BCUT2D eigenvalue weighted by Gasteiger charge is 2.23. The van der Waals surface area contributed by atoms with Gasteiger partial charge < -0.3 is 9.47 Å². The third-order valence-electron chi connectivity index (χ3n) is 6.55. The molecule has 3 aromatic carbocycles. The van der Waals surface area contributed by atoms with Crippen molar-refractivity contribution in [2.75, 3.05) is 13.1 Å². The molecule has 0 aliphatic carbocycles. The molecule has 1 fully saturated rings. The summed E-state index contributed by atoms with van der Waals surface area (Å²) in [4.78, 5) is 44.8. The molecule has 0 atom stereocenters. The Morgan fingerprint density at radius 3 is 2.18 bits per heavy atom. The summed E-state index contributed by atoms with van der Waals surface area (Å²) in [6.45, 7) is 1.13. The largest absolute Gasteiger partial charge is 0.436 e. The van der Waals surface area contributed by atoms with Crippen molar-refractivity contribution in [2.45, 2.75) is 19.3 Å². The minimum absolute atomic E-state index is 0.0839. The van der Waals surface area contributed by atoms with Crippen LogP contribution in [0.5, 0.6) is 0 Å². The summed E-state index contributed by atoms with van der Waals surface area (Å²) in [5.41, 5.74) is 2.35. The first kappa shape index (κ1) is 24.7. The molecule has 0 spiro atoms. The molecule has 4 aromatic rings. The van der Waals surface area contributed by atoms with Crippen LogP contribution in [0.3, 0.4) is 0 Å². The zero-order chi connectivity index (χ0) is 26.5. The Kier molecular flexibility index (Phi) is 7.09. The molecule has 2 heterocycles. The van der Waals surface area contributed by atoms with Crippen molar-refractivity contribution in [1.82, 2.24) is 9.47 Å². The number of Topliss-reactive ketones (excluding diaryl/α,β-unsaturated/α-hetero) is 1. The third-order valence-corrected chi connectivity index (χ3v) is 6.55. The van der Waals surface area contributed by atoms with E-state index in [4.69, 9.17) is 4.84 Å². The number of nitriles is 1. The Hall–Kier alpha value is -5.03. The van der Waals surface area contributed by atoms with Crippen molar-refractivity contribution in [3.8, 4) is 11.8 Å². The fourth-order valence-electron chi connectivity index (χ4n) is 4.56. The summed E-state index contributed by atoms with van der Waals surface area (Å²) >= 11 is 0. The van der Waals surface area contributed by atoms with Crippen LogP contribution in [0, 0.1) is 11.3 Å². The lowest BCUT2D eigenvalue weighted by molar-refractivity contribution is 0.0962. The van der Waals surface area contributed by atoms with Gasteiger partial charge >= 0.3 is 6.09 Å². The van der Waals surface area contributed by atoms with Gasteiger partial charge in [-0.1, -0.05) is 53.7 Å². The maximum absolute atomic E-state index is 13.3. The number of likely N-dealkylation sites (tertiary alicyclic amines) is 1. The summed E-state index contributed by atoms with van der Waals surface area (Å²) in [5.74, 6) is -0.732. The van der Waals surface area contributed by atoms with Gasteiger partial charge in [-0.25, -0.2) is 4.79 Å². The number of ketones is 2. The first-order valence-corrected chi connectivity index (χ1v) is 12.4. The second kappa shape index (κ2) is 10.9. The molecular formula is C30H24N4O4. The number of nitrogens with zero attached hydrogens (tertiary/aromatic N) is 4. The smallest absolute Gasteiger partial charge is 0.316 e. The maximum atomic E-state index is 13.3. The summed E-state index contributed by atoms with van der Waals surface area (Å²) < 4.78 is 1.81. The molecule has 0 bridgehead atoms. The Morgan fingerprint density at radius 2 is 1.47 bits per heavy atom. The molecule has 0 radical (unpaired) electrons. The zero-order valence-corrected chi connectivity index (χ0v) is 20.5. The van der Waals surface area contributed by atoms with Crippen LogP contribution >= 0.6 is 0 Å². The second-order valence-electron chi connectivity index (χ2n) is 8.96. The van der Waals surface area contributed by atoms with E-state index < -0.39 is 17.6 Å². The van der Waals surface area contributed by atoms with Crippen molar-refractivity contribution in [2.24, 2.45) is 5.16 Å². The highest BCUT2D eigenvalue weighted by atomic mass is 16.7. The van der Waals surface area contributed by atoms with Crippen LogP contribution in [0.25, 0.3) is 16.6 Å². The molecule has 0 unspecified atom stereocenters. The first-order valence-electron chi connectivity index (χ1n) is 12.4. The number of fused-ring (bicyclic) bond motifs is 1. The van der Waals surface area contributed by atoms with Gasteiger partial charge in [-0.05, 0) is 49.6 Å². The van der Waals surface area contributed by atoms with E-state index in [1.165, 1.54) is 4.90 Å². The number of hydrogen-bond acceptors (Lipinski definition) is 6. The van der Waals surface area contributed by atoms with E-state index >= 15 is 0 Å². The van der Waals surface area contributed by atoms with Gasteiger partial charge in [0.1, 0.15) is 6.07 Å². The molecule has 8 heteroatoms. The summed E-state index contributed by atoms with van der Waals surface area (Å²) in [6, 6.07) is 25.2. The van der Waals surface area contributed by atoms with Gasteiger partial charge in [0.05, 0.1) is 11.1 Å². The molecule has 1 aliphatic heterocycles. The average molecular weight is 505 g/mol. The number of para-hydroxylation sites is 1.